The summed E-state index contributed by atoms with van der Waals surface area (Å²) in [6.07, 6.45) is 8.45. The molecule has 116 valence electrons. The molecule has 22 heavy (non-hydrogen) atoms. The first-order chi connectivity index (χ1) is 10.7. The fraction of sp³-hybridized carbons (Fsp3) is 0.412. The Morgan fingerprint density at radius 1 is 1.32 bits per heavy atom. The SMILES string of the molecule is O=C(Cc1ccc2oc(=O)[nH]c2c1)NCCC1=CCCCC1. The van der Waals surface area contributed by atoms with Crippen LogP contribution in [-0.4, -0.2) is 17.4 Å². The first kappa shape index (κ1) is 14.6. The van der Waals surface area contributed by atoms with Crippen molar-refractivity contribution in [1.82, 2.24) is 10.3 Å². The van der Waals surface area contributed by atoms with Crippen molar-refractivity contribution in [3.63, 3.8) is 0 Å². The summed E-state index contributed by atoms with van der Waals surface area (Å²) in [6, 6.07) is 5.30. The molecular formula is C17H20N2O3. The smallest absolute Gasteiger partial charge is 0.408 e. The van der Waals surface area contributed by atoms with Crippen LogP contribution in [-0.2, 0) is 11.2 Å². The highest BCUT2D eigenvalue weighted by atomic mass is 16.4. The molecule has 0 atom stereocenters. The average Bonchev–Trinajstić information content (AvgIpc) is 2.87. The molecule has 3 rings (SSSR count). The standard InChI is InChI=1S/C17H20N2O3/c20-16(18-9-8-12-4-2-1-3-5-12)11-13-6-7-15-14(10-13)19-17(21)22-15/h4,6-7,10H,1-3,5,8-9,11H2,(H,18,20)(H,19,21). The van der Waals surface area contributed by atoms with E-state index in [0.717, 1.165) is 12.0 Å². The summed E-state index contributed by atoms with van der Waals surface area (Å²) in [7, 11) is 0. The molecule has 0 aliphatic heterocycles. The Balaban J connectivity index is 1.51. The van der Waals surface area contributed by atoms with E-state index < -0.39 is 5.76 Å². The van der Waals surface area contributed by atoms with Gasteiger partial charge in [0.05, 0.1) is 11.9 Å². The van der Waals surface area contributed by atoms with Crippen molar-refractivity contribution in [3.8, 4) is 0 Å². The summed E-state index contributed by atoms with van der Waals surface area (Å²) < 4.78 is 4.94. The van der Waals surface area contributed by atoms with Gasteiger partial charge in [-0.15, -0.1) is 0 Å². The van der Waals surface area contributed by atoms with Crippen molar-refractivity contribution in [2.45, 2.75) is 38.5 Å². The lowest BCUT2D eigenvalue weighted by atomic mass is 9.97. The molecule has 1 aromatic heterocycles. The predicted molar refractivity (Wildman–Crippen MR) is 84.7 cm³/mol. The summed E-state index contributed by atoms with van der Waals surface area (Å²) in [4.78, 5) is 25.7. The quantitative estimate of drug-likeness (QED) is 0.834. The fourth-order valence-electron chi connectivity index (χ4n) is 2.85. The number of allylic oxidation sites excluding steroid dienone is 1. The minimum atomic E-state index is -0.475. The second kappa shape index (κ2) is 6.64. The van der Waals surface area contributed by atoms with Crippen LogP contribution < -0.4 is 11.1 Å². The molecule has 5 heteroatoms. The highest BCUT2D eigenvalue weighted by molar-refractivity contribution is 5.80. The number of benzene rings is 1. The number of hydrogen-bond donors (Lipinski definition) is 2. The van der Waals surface area contributed by atoms with Crippen molar-refractivity contribution in [1.29, 1.82) is 0 Å². The summed E-state index contributed by atoms with van der Waals surface area (Å²) in [6.45, 7) is 0.690. The van der Waals surface area contributed by atoms with Gasteiger partial charge < -0.3 is 9.73 Å². The van der Waals surface area contributed by atoms with Crippen molar-refractivity contribution >= 4 is 17.0 Å². The molecule has 0 saturated heterocycles. The molecule has 1 aliphatic rings. The van der Waals surface area contributed by atoms with Crippen molar-refractivity contribution in [2.75, 3.05) is 6.54 Å². The van der Waals surface area contributed by atoms with E-state index in [2.05, 4.69) is 16.4 Å². The Bertz CT molecular complexity index is 755. The van der Waals surface area contributed by atoms with Gasteiger partial charge in [-0.2, -0.15) is 0 Å². The summed E-state index contributed by atoms with van der Waals surface area (Å²) >= 11 is 0. The number of fused-ring (bicyclic) bond motifs is 1. The molecule has 0 unspecified atom stereocenters. The van der Waals surface area contributed by atoms with Crippen LogP contribution in [0, 0.1) is 0 Å². The van der Waals surface area contributed by atoms with Crippen LogP contribution >= 0.6 is 0 Å². The molecule has 0 radical (unpaired) electrons. The minimum Gasteiger partial charge on any atom is -0.408 e. The molecule has 0 spiro atoms. The number of aromatic amines is 1. The zero-order valence-electron chi connectivity index (χ0n) is 12.5. The second-order valence-electron chi connectivity index (χ2n) is 5.73. The van der Waals surface area contributed by atoms with Gasteiger partial charge >= 0.3 is 5.76 Å². The Hall–Kier alpha value is -2.30. The van der Waals surface area contributed by atoms with Gasteiger partial charge in [0.25, 0.3) is 0 Å². The molecular weight excluding hydrogens is 280 g/mol. The highest BCUT2D eigenvalue weighted by Crippen LogP contribution is 2.19. The van der Waals surface area contributed by atoms with Crippen molar-refractivity contribution in [3.05, 3.63) is 46.0 Å². The normalized spacial score (nSPS) is 14.8. The van der Waals surface area contributed by atoms with E-state index in [9.17, 15) is 9.59 Å². The number of amides is 1. The first-order valence-electron chi connectivity index (χ1n) is 7.77. The van der Waals surface area contributed by atoms with Crippen LogP contribution in [0.2, 0.25) is 0 Å². The molecule has 0 bridgehead atoms. The van der Waals surface area contributed by atoms with Crippen molar-refractivity contribution in [2.24, 2.45) is 0 Å². The van der Waals surface area contributed by atoms with Crippen molar-refractivity contribution < 1.29 is 9.21 Å². The van der Waals surface area contributed by atoms with E-state index >= 15 is 0 Å². The summed E-state index contributed by atoms with van der Waals surface area (Å²) in [5.41, 5.74) is 3.46. The van der Waals surface area contributed by atoms with Gasteiger partial charge in [0.15, 0.2) is 5.58 Å². The molecule has 0 fully saturated rings. The van der Waals surface area contributed by atoms with Gasteiger partial charge in [-0.3, -0.25) is 9.78 Å². The number of carbonyl (C=O) groups excluding carboxylic acids is 1. The molecule has 0 saturated carbocycles. The number of H-pyrrole nitrogens is 1. The number of oxazole rings is 1. The zero-order valence-corrected chi connectivity index (χ0v) is 12.5. The third kappa shape index (κ3) is 3.67. The van der Waals surface area contributed by atoms with E-state index in [0.29, 0.717) is 24.1 Å². The van der Waals surface area contributed by atoms with Crippen LogP contribution in [0.5, 0.6) is 0 Å². The third-order valence-corrected chi connectivity index (χ3v) is 4.00. The van der Waals surface area contributed by atoms with Gasteiger partial charge in [-0.25, -0.2) is 4.79 Å². The zero-order chi connectivity index (χ0) is 15.4. The van der Waals surface area contributed by atoms with E-state index in [1.165, 1.54) is 31.3 Å². The molecule has 1 amide bonds. The topological polar surface area (TPSA) is 75.1 Å². The predicted octanol–water partition coefficient (Wildman–Crippen LogP) is 2.67. The molecule has 2 N–H and O–H groups in total. The largest absolute Gasteiger partial charge is 0.417 e. The number of nitrogens with one attached hydrogen (secondary N) is 2. The molecule has 1 aliphatic carbocycles. The minimum absolute atomic E-state index is 0.00148. The Kier molecular flexibility index (Phi) is 4.42. The maximum absolute atomic E-state index is 12.0. The maximum atomic E-state index is 12.0. The average molecular weight is 300 g/mol. The van der Waals surface area contributed by atoms with Crippen LogP contribution in [0.4, 0.5) is 0 Å². The summed E-state index contributed by atoms with van der Waals surface area (Å²) in [5, 5.41) is 2.96. The van der Waals surface area contributed by atoms with Gasteiger partial charge in [-0.1, -0.05) is 17.7 Å². The summed E-state index contributed by atoms with van der Waals surface area (Å²) in [5.74, 6) is -0.473. The Morgan fingerprint density at radius 3 is 3.05 bits per heavy atom. The van der Waals surface area contributed by atoms with E-state index in [-0.39, 0.29) is 5.91 Å². The van der Waals surface area contributed by atoms with Crippen LogP contribution in [0.1, 0.15) is 37.7 Å². The number of carbonyl (C=O) groups is 1. The monoisotopic (exact) mass is 300 g/mol. The third-order valence-electron chi connectivity index (χ3n) is 4.00. The Morgan fingerprint density at radius 2 is 2.23 bits per heavy atom. The van der Waals surface area contributed by atoms with E-state index in [1.54, 1.807) is 12.1 Å². The van der Waals surface area contributed by atoms with E-state index in [4.69, 9.17) is 4.42 Å². The number of hydrogen-bond acceptors (Lipinski definition) is 3. The molecule has 5 nitrogen and oxygen atoms in total. The van der Waals surface area contributed by atoms with Crippen LogP contribution in [0.25, 0.3) is 11.1 Å². The van der Waals surface area contributed by atoms with Gasteiger partial charge in [0, 0.05) is 6.54 Å². The highest BCUT2D eigenvalue weighted by Gasteiger charge is 2.08. The van der Waals surface area contributed by atoms with Crippen LogP contribution in [0.3, 0.4) is 0 Å². The fourth-order valence-corrected chi connectivity index (χ4v) is 2.85. The number of rotatable bonds is 5. The Labute approximate surface area is 128 Å². The van der Waals surface area contributed by atoms with Gasteiger partial charge in [-0.05, 0) is 49.8 Å². The maximum Gasteiger partial charge on any atom is 0.417 e. The number of aromatic nitrogens is 1. The molecule has 1 heterocycles. The lowest BCUT2D eigenvalue weighted by molar-refractivity contribution is -0.120. The lowest BCUT2D eigenvalue weighted by Crippen LogP contribution is -2.26. The van der Waals surface area contributed by atoms with Gasteiger partial charge in [0.1, 0.15) is 0 Å². The van der Waals surface area contributed by atoms with E-state index in [1.807, 2.05) is 6.07 Å². The lowest BCUT2D eigenvalue weighted by Gasteiger charge is -2.12. The first-order valence-corrected chi connectivity index (χ1v) is 7.77. The molecule has 2 aromatic rings. The second-order valence-corrected chi connectivity index (χ2v) is 5.73. The van der Waals surface area contributed by atoms with Gasteiger partial charge in [0.2, 0.25) is 5.91 Å². The van der Waals surface area contributed by atoms with Crippen LogP contribution in [0.15, 0.2) is 39.1 Å². The molecule has 1 aromatic carbocycles.